The van der Waals surface area contributed by atoms with Gasteiger partial charge in [-0.05, 0) is 25.5 Å². The predicted octanol–water partition coefficient (Wildman–Crippen LogP) is 1.63. The summed E-state index contributed by atoms with van der Waals surface area (Å²) in [6.07, 6.45) is 1.25. The molecule has 0 saturated carbocycles. The van der Waals surface area contributed by atoms with Crippen LogP contribution in [0.3, 0.4) is 0 Å². The Morgan fingerprint density at radius 3 is 2.42 bits per heavy atom. The fourth-order valence-corrected chi connectivity index (χ4v) is 1.50. The van der Waals surface area contributed by atoms with Gasteiger partial charge in [-0.1, -0.05) is 0 Å². The normalized spacial score (nSPS) is 11.6. The minimum atomic E-state index is -3.63. The quantitative estimate of drug-likeness (QED) is 0.655. The number of nitrogens with zero attached hydrogens (tertiary/aromatic N) is 1. The van der Waals surface area contributed by atoms with Crippen LogP contribution in [0.2, 0.25) is 0 Å². The van der Waals surface area contributed by atoms with Gasteiger partial charge >= 0.3 is 0 Å². The summed E-state index contributed by atoms with van der Waals surface area (Å²) in [5.74, 6) is 0. The average molecular weight is 206 g/mol. The van der Waals surface area contributed by atoms with Crippen LogP contribution < -0.4 is 0 Å². The summed E-state index contributed by atoms with van der Waals surface area (Å²) in [7, 11) is 1.48. The molecule has 12 heavy (non-hydrogen) atoms. The Bertz CT molecular complexity index is 400. The van der Waals surface area contributed by atoms with Gasteiger partial charge in [-0.3, -0.25) is 4.98 Å². The van der Waals surface area contributed by atoms with Crippen molar-refractivity contribution in [2.75, 3.05) is 0 Å². The van der Waals surface area contributed by atoms with Crippen molar-refractivity contribution in [2.45, 2.75) is 18.7 Å². The van der Waals surface area contributed by atoms with Crippen molar-refractivity contribution >= 4 is 19.7 Å². The first-order valence-electron chi connectivity index (χ1n) is 3.29. The van der Waals surface area contributed by atoms with Crippen molar-refractivity contribution in [1.82, 2.24) is 4.98 Å². The molecule has 1 aromatic heterocycles. The number of rotatable bonds is 1. The summed E-state index contributed by atoms with van der Waals surface area (Å²) in [5.41, 5.74) is 1.62. The van der Waals surface area contributed by atoms with Gasteiger partial charge in [-0.15, -0.1) is 0 Å². The van der Waals surface area contributed by atoms with Crippen LogP contribution in [0.1, 0.15) is 11.3 Å². The van der Waals surface area contributed by atoms with Crippen molar-refractivity contribution in [3.63, 3.8) is 0 Å². The van der Waals surface area contributed by atoms with Crippen LogP contribution in [0.5, 0.6) is 0 Å². The molecule has 0 bridgehead atoms. The molecule has 0 spiro atoms. The Balaban J connectivity index is 3.33. The lowest BCUT2D eigenvalue weighted by Crippen LogP contribution is -1.95. The van der Waals surface area contributed by atoms with E-state index in [1.807, 2.05) is 0 Å². The van der Waals surface area contributed by atoms with Gasteiger partial charge in [0, 0.05) is 22.6 Å². The minimum Gasteiger partial charge on any atom is -0.260 e. The Kier molecular flexibility index (Phi) is 2.39. The van der Waals surface area contributed by atoms with Gasteiger partial charge in [0.2, 0.25) is 0 Å². The van der Waals surface area contributed by atoms with Gasteiger partial charge in [0.05, 0.1) is 0 Å². The maximum atomic E-state index is 10.8. The van der Waals surface area contributed by atoms with Crippen LogP contribution in [0.15, 0.2) is 17.2 Å². The minimum absolute atomic E-state index is 0.0484. The molecular formula is C7H8ClNO2S. The second-order valence-corrected chi connectivity index (χ2v) is 5.08. The summed E-state index contributed by atoms with van der Waals surface area (Å²) in [4.78, 5) is 3.93. The van der Waals surface area contributed by atoms with E-state index in [4.69, 9.17) is 10.7 Å². The summed E-state index contributed by atoms with van der Waals surface area (Å²) in [5, 5.41) is 0. The highest BCUT2D eigenvalue weighted by Crippen LogP contribution is 2.15. The van der Waals surface area contributed by atoms with Gasteiger partial charge in [0.25, 0.3) is 9.05 Å². The lowest BCUT2D eigenvalue weighted by molar-refractivity contribution is 0.609. The van der Waals surface area contributed by atoms with Crippen LogP contribution in [-0.4, -0.2) is 13.4 Å². The monoisotopic (exact) mass is 205 g/mol. The van der Waals surface area contributed by atoms with Crippen molar-refractivity contribution in [3.8, 4) is 0 Å². The van der Waals surface area contributed by atoms with Gasteiger partial charge in [-0.25, -0.2) is 8.42 Å². The third kappa shape index (κ3) is 1.95. The van der Waals surface area contributed by atoms with Gasteiger partial charge in [-0.2, -0.15) is 0 Å². The Morgan fingerprint density at radius 2 is 2.00 bits per heavy atom. The lowest BCUT2D eigenvalue weighted by Gasteiger charge is -1.99. The van der Waals surface area contributed by atoms with Crippen LogP contribution >= 0.6 is 10.7 Å². The molecular weight excluding hydrogens is 198 g/mol. The first kappa shape index (κ1) is 9.48. The standard InChI is InChI=1S/C7H8ClNO2S/c1-5-3-7(12(8,10)11)4-9-6(5)2/h3-4H,1-2H3. The molecule has 1 rings (SSSR count). The number of halogens is 1. The van der Waals surface area contributed by atoms with E-state index in [0.29, 0.717) is 0 Å². The molecule has 3 nitrogen and oxygen atoms in total. The van der Waals surface area contributed by atoms with Crippen LogP contribution in [-0.2, 0) is 9.05 Å². The second-order valence-electron chi connectivity index (χ2n) is 2.51. The topological polar surface area (TPSA) is 47.0 Å². The molecule has 1 heterocycles. The van der Waals surface area contributed by atoms with Crippen LogP contribution in [0.4, 0.5) is 0 Å². The summed E-state index contributed by atoms with van der Waals surface area (Å²) < 4.78 is 21.6. The molecule has 0 aromatic carbocycles. The highest BCUT2D eigenvalue weighted by molar-refractivity contribution is 8.13. The second kappa shape index (κ2) is 3.03. The number of hydrogen-bond donors (Lipinski definition) is 0. The zero-order valence-corrected chi connectivity index (χ0v) is 8.28. The fourth-order valence-electron chi connectivity index (χ4n) is 0.751. The summed E-state index contributed by atoms with van der Waals surface area (Å²) in [6.45, 7) is 3.59. The highest BCUT2D eigenvalue weighted by Gasteiger charge is 2.10. The van der Waals surface area contributed by atoms with Gasteiger partial charge in [0.1, 0.15) is 4.90 Å². The average Bonchev–Trinajstić information content (AvgIpc) is 1.92. The molecule has 0 amide bonds. The molecule has 66 valence electrons. The summed E-state index contributed by atoms with van der Waals surface area (Å²) >= 11 is 0. The van der Waals surface area contributed by atoms with E-state index in [-0.39, 0.29) is 4.90 Å². The Labute approximate surface area is 75.8 Å². The SMILES string of the molecule is Cc1cc(S(=O)(=O)Cl)cnc1C. The Morgan fingerprint density at radius 1 is 1.42 bits per heavy atom. The lowest BCUT2D eigenvalue weighted by atomic mass is 10.2. The largest absolute Gasteiger partial charge is 0.262 e. The van der Waals surface area contributed by atoms with E-state index in [1.54, 1.807) is 13.8 Å². The van der Waals surface area contributed by atoms with Gasteiger partial charge in [0.15, 0.2) is 0 Å². The first-order valence-corrected chi connectivity index (χ1v) is 5.60. The first-order chi connectivity index (χ1) is 5.41. The molecule has 0 fully saturated rings. The van der Waals surface area contributed by atoms with Crippen LogP contribution in [0, 0.1) is 13.8 Å². The molecule has 0 aliphatic heterocycles. The fraction of sp³-hybridized carbons (Fsp3) is 0.286. The molecule has 0 atom stereocenters. The van der Waals surface area contributed by atoms with E-state index in [9.17, 15) is 8.42 Å². The highest BCUT2D eigenvalue weighted by atomic mass is 35.7. The maximum Gasteiger partial charge on any atom is 0.262 e. The molecule has 5 heteroatoms. The zero-order valence-electron chi connectivity index (χ0n) is 6.70. The number of pyridine rings is 1. The van der Waals surface area contributed by atoms with Crippen molar-refractivity contribution in [1.29, 1.82) is 0 Å². The molecule has 0 radical (unpaired) electrons. The molecule has 0 unspecified atom stereocenters. The van der Waals surface area contributed by atoms with E-state index in [0.717, 1.165) is 11.3 Å². The number of hydrogen-bond acceptors (Lipinski definition) is 3. The van der Waals surface area contributed by atoms with Crippen molar-refractivity contribution in [2.24, 2.45) is 0 Å². The van der Waals surface area contributed by atoms with Crippen LogP contribution in [0.25, 0.3) is 0 Å². The van der Waals surface area contributed by atoms with Gasteiger partial charge < -0.3 is 0 Å². The third-order valence-corrected chi connectivity index (χ3v) is 2.92. The summed E-state index contributed by atoms with van der Waals surface area (Å²) in [6, 6.07) is 1.50. The van der Waals surface area contributed by atoms with E-state index in [1.165, 1.54) is 12.3 Å². The molecule has 0 aliphatic rings. The molecule has 1 aromatic rings. The predicted molar refractivity (Wildman–Crippen MR) is 46.7 cm³/mol. The van der Waals surface area contributed by atoms with E-state index in [2.05, 4.69) is 4.98 Å². The molecule has 0 aliphatic carbocycles. The van der Waals surface area contributed by atoms with E-state index >= 15 is 0 Å². The third-order valence-electron chi connectivity index (χ3n) is 1.60. The number of aryl methyl sites for hydroxylation is 2. The molecule has 0 N–H and O–H groups in total. The Hall–Kier alpha value is -0.610. The zero-order chi connectivity index (χ0) is 9.35. The van der Waals surface area contributed by atoms with Crippen molar-refractivity contribution < 1.29 is 8.42 Å². The van der Waals surface area contributed by atoms with E-state index < -0.39 is 9.05 Å². The number of aromatic nitrogens is 1. The maximum absolute atomic E-state index is 10.8. The van der Waals surface area contributed by atoms with Crippen molar-refractivity contribution in [3.05, 3.63) is 23.5 Å². The molecule has 0 saturated heterocycles. The smallest absolute Gasteiger partial charge is 0.260 e.